The molecule has 0 atom stereocenters. The van der Waals surface area contributed by atoms with Gasteiger partial charge in [0.2, 0.25) is 5.91 Å². The Labute approximate surface area is 154 Å². The van der Waals surface area contributed by atoms with Crippen LogP contribution in [-0.4, -0.2) is 58.7 Å². The Balaban J connectivity index is 1.35. The number of piperidine rings is 1. The Morgan fingerprint density at radius 1 is 1.15 bits per heavy atom. The van der Waals surface area contributed by atoms with E-state index >= 15 is 0 Å². The van der Waals surface area contributed by atoms with E-state index in [2.05, 4.69) is 51.5 Å². The quantitative estimate of drug-likeness (QED) is 0.915. The largest absolute Gasteiger partial charge is 0.310 e. The fraction of sp³-hybridized carbons (Fsp3) is 0.500. The molecule has 3 heterocycles. The van der Waals surface area contributed by atoms with Gasteiger partial charge in [0.05, 0.1) is 18.8 Å². The molecule has 1 amide bonds. The van der Waals surface area contributed by atoms with Crippen LogP contribution in [0.5, 0.6) is 0 Å². The minimum Gasteiger partial charge on any atom is -0.310 e. The van der Waals surface area contributed by atoms with Gasteiger partial charge in [0.25, 0.3) is 0 Å². The SMILES string of the molecule is CN1CCC(n2nccc2NC(=O)CN2CCc3ccccc3C2)CC1. The molecule has 1 aromatic carbocycles. The van der Waals surface area contributed by atoms with Gasteiger partial charge in [-0.05, 0) is 50.5 Å². The van der Waals surface area contributed by atoms with Gasteiger partial charge >= 0.3 is 0 Å². The highest BCUT2D eigenvalue weighted by Crippen LogP contribution is 2.25. The highest BCUT2D eigenvalue weighted by Gasteiger charge is 2.22. The van der Waals surface area contributed by atoms with Gasteiger partial charge in [-0.15, -0.1) is 0 Å². The number of nitrogens with one attached hydrogen (secondary N) is 1. The molecular weight excluding hydrogens is 326 g/mol. The van der Waals surface area contributed by atoms with E-state index in [9.17, 15) is 4.79 Å². The molecule has 1 aromatic heterocycles. The summed E-state index contributed by atoms with van der Waals surface area (Å²) >= 11 is 0. The molecule has 4 rings (SSSR count). The Morgan fingerprint density at radius 2 is 1.92 bits per heavy atom. The maximum atomic E-state index is 12.6. The highest BCUT2D eigenvalue weighted by atomic mass is 16.2. The van der Waals surface area contributed by atoms with Gasteiger partial charge < -0.3 is 10.2 Å². The Kier molecular flexibility index (Phi) is 5.04. The van der Waals surface area contributed by atoms with Gasteiger partial charge in [-0.3, -0.25) is 9.69 Å². The van der Waals surface area contributed by atoms with Gasteiger partial charge in [-0.2, -0.15) is 5.10 Å². The fourth-order valence-electron chi connectivity index (χ4n) is 4.02. The van der Waals surface area contributed by atoms with Crippen LogP contribution in [-0.2, 0) is 17.8 Å². The molecular formula is C20H27N5O. The zero-order valence-corrected chi connectivity index (χ0v) is 15.4. The molecule has 6 heteroatoms. The van der Waals surface area contributed by atoms with Crippen LogP contribution in [0.25, 0.3) is 0 Å². The summed E-state index contributed by atoms with van der Waals surface area (Å²) in [6.07, 6.45) is 4.94. The smallest absolute Gasteiger partial charge is 0.239 e. The van der Waals surface area contributed by atoms with Crippen LogP contribution in [0.2, 0.25) is 0 Å². The maximum absolute atomic E-state index is 12.6. The van der Waals surface area contributed by atoms with E-state index in [0.717, 1.165) is 51.3 Å². The second kappa shape index (κ2) is 7.60. The Hall–Kier alpha value is -2.18. The molecule has 0 aliphatic carbocycles. The number of fused-ring (bicyclic) bond motifs is 1. The summed E-state index contributed by atoms with van der Waals surface area (Å²) in [6, 6.07) is 10.8. The highest BCUT2D eigenvalue weighted by molar-refractivity contribution is 5.91. The average Bonchev–Trinajstić information content (AvgIpc) is 3.10. The molecule has 1 N–H and O–H groups in total. The van der Waals surface area contributed by atoms with Gasteiger partial charge in [0.15, 0.2) is 0 Å². The number of rotatable bonds is 4. The van der Waals surface area contributed by atoms with E-state index in [1.807, 2.05) is 10.7 Å². The summed E-state index contributed by atoms with van der Waals surface area (Å²) in [4.78, 5) is 17.1. The van der Waals surface area contributed by atoms with Crippen molar-refractivity contribution in [2.75, 3.05) is 38.5 Å². The zero-order valence-electron chi connectivity index (χ0n) is 15.4. The van der Waals surface area contributed by atoms with Gasteiger partial charge in [-0.25, -0.2) is 4.68 Å². The number of carbonyl (C=O) groups is 1. The average molecular weight is 353 g/mol. The van der Waals surface area contributed by atoms with Crippen LogP contribution in [0.1, 0.15) is 30.0 Å². The maximum Gasteiger partial charge on any atom is 0.239 e. The lowest BCUT2D eigenvalue weighted by molar-refractivity contribution is -0.117. The molecule has 6 nitrogen and oxygen atoms in total. The molecule has 1 saturated heterocycles. The van der Waals surface area contributed by atoms with Crippen molar-refractivity contribution in [3.05, 3.63) is 47.7 Å². The van der Waals surface area contributed by atoms with E-state index < -0.39 is 0 Å². The van der Waals surface area contributed by atoms with Crippen molar-refractivity contribution in [1.82, 2.24) is 19.6 Å². The Morgan fingerprint density at radius 3 is 2.73 bits per heavy atom. The van der Waals surface area contributed by atoms with Crippen LogP contribution >= 0.6 is 0 Å². The molecule has 2 aromatic rings. The van der Waals surface area contributed by atoms with Crippen molar-refractivity contribution in [2.45, 2.75) is 31.8 Å². The van der Waals surface area contributed by atoms with Crippen molar-refractivity contribution in [3.63, 3.8) is 0 Å². The molecule has 0 saturated carbocycles. The van der Waals surface area contributed by atoms with Crippen molar-refractivity contribution in [1.29, 1.82) is 0 Å². The predicted octanol–water partition coefficient (Wildman–Crippen LogP) is 2.15. The third kappa shape index (κ3) is 3.81. The lowest BCUT2D eigenvalue weighted by atomic mass is 10.00. The summed E-state index contributed by atoms with van der Waals surface area (Å²) in [5.74, 6) is 0.862. The number of hydrogen-bond donors (Lipinski definition) is 1. The van der Waals surface area contributed by atoms with Crippen LogP contribution in [0, 0.1) is 0 Å². The summed E-state index contributed by atoms with van der Waals surface area (Å²) in [5.41, 5.74) is 2.74. The number of anilines is 1. The first-order valence-corrected chi connectivity index (χ1v) is 9.50. The first-order chi connectivity index (χ1) is 12.7. The summed E-state index contributed by atoms with van der Waals surface area (Å²) in [5, 5.41) is 7.54. The summed E-state index contributed by atoms with van der Waals surface area (Å²) in [7, 11) is 2.15. The number of amides is 1. The second-order valence-electron chi connectivity index (χ2n) is 7.47. The molecule has 2 aliphatic rings. The summed E-state index contributed by atoms with van der Waals surface area (Å²) in [6.45, 7) is 4.35. The number of likely N-dealkylation sites (tertiary alicyclic amines) is 1. The van der Waals surface area contributed by atoms with Gasteiger partial charge in [0.1, 0.15) is 5.82 Å². The van der Waals surface area contributed by atoms with E-state index in [1.54, 1.807) is 6.20 Å². The van der Waals surface area contributed by atoms with E-state index in [1.165, 1.54) is 11.1 Å². The lowest BCUT2D eigenvalue weighted by Crippen LogP contribution is -2.37. The van der Waals surface area contributed by atoms with Gasteiger partial charge in [-0.1, -0.05) is 24.3 Å². The van der Waals surface area contributed by atoms with Crippen LogP contribution in [0.15, 0.2) is 36.5 Å². The zero-order chi connectivity index (χ0) is 17.9. The van der Waals surface area contributed by atoms with Gasteiger partial charge in [0, 0.05) is 19.2 Å². The minimum atomic E-state index is 0.0408. The topological polar surface area (TPSA) is 53.4 Å². The van der Waals surface area contributed by atoms with Crippen molar-refractivity contribution < 1.29 is 4.79 Å². The number of benzene rings is 1. The summed E-state index contributed by atoms with van der Waals surface area (Å²) < 4.78 is 2.00. The molecule has 1 fully saturated rings. The normalized spacial score (nSPS) is 19.3. The van der Waals surface area contributed by atoms with Crippen LogP contribution in [0.3, 0.4) is 0 Å². The fourth-order valence-corrected chi connectivity index (χ4v) is 4.02. The number of aromatic nitrogens is 2. The third-order valence-corrected chi connectivity index (χ3v) is 5.55. The van der Waals surface area contributed by atoms with E-state index in [4.69, 9.17) is 0 Å². The second-order valence-corrected chi connectivity index (χ2v) is 7.47. The Bertz CT molecular complexity index is 763. The monoisotopic (exact) mass is 353 g/mol. The standard InChI is InChI=1S/C20H27N5O/c1-23-11-8-18(9-12-23)25-19(6-10-21-25)22-20(26)15-24-13-7-16-4-2-3-5-17(16)14-24/h2-6,10,18H,7-9,11-15H2,1H3,(H,22,26). The van der Waals surface area contributed by atoms with E-state index in [0.29, 0.717) is 12.6 Å². The van der Waals surface area contributed by atoms with E-state index in [-0.39, 0.29) is 5.91 Å². The molecule has 138 valence electrons. The first kappa shape index (κ1) is 17.2. The molecule has 0 bridgehead atoms. The van der Waals surface area contributed by atoms with Crippen molar-refractivity contribution in [3.8, 4) is 0 Å². The number of hydrogen-bond acceptors (Lipinski definition) is 4. The van der Waals surface area contributed by atoms with Crippen molar-refractivity contribution in [2.24, 2.45) is 0 Å². The molecule has 2 aliphatic heterocycles. The first-order valence-electron chi connectivity index (χ1n) is 9.50. The molecule has 0 spiro atoms. The molecule has 0 unspecified atom stereocenters. The number of nitrogens with zero attached hydrogens (tertiary/aromatic N) is 4. The minimum absolute atomic E-state index is 0.0408. The lowest BCUT2D eigenvalue weighted by Gasteiger charge is -2.30. The van der Waals surface area contributed by atoms with Crippen LogP contribution < -0.4 is 5.32 Å². The molecule has 26 heavy (non-hydrogen) atoms. The molecule has 0 radical (unpaired) electrons. The number of carbonyl (C=O) groups excluding carboxylic acids is 1. The van der Waals surface area contributed by atoms with Crippen LogP contribution in [0.4, 0.5) is 5.82 Å². The van der Waals surface area contributed by atoms with Crippen molar-refractivity contribution >= 4 is 11.7 Å². The third-order valence-electron chi connectivity index (χ3n) is 5.55. The predicted molar refractivity (Wildman–Crippen MR) is 102 cm³/mol.